The number of carbonyl (C=O) groups excluding carboxylic acids is 2. The number of ketones is 2. The van der Waals surface area contributed by atoms with Crippen LogP contribution in [0.1, 0.15) is 25.6 Å². The van der Waals surface area contributed by atoms with E-state index in [2.05, 4.69) is 9.97 Å². The molecule has 0 aliphatic heterocycles. The van der Waals surface area contributed by atoms with Crippen LogP contribution in [0.2, 0.25) is 0 Å². The number of Topliss-reactive ketones (excluding diaryl/α,β-unsaturated/α-hetero) is 2. The van der Waals surface area contributed by atoms with Crippen molar-refractivity contribution in [2.45, 2.75) is 0 Å². The van der Waals surface area contributed by atoms with E-state index in [1.807, 2.05) is 36.4 Å². The number of fused-ring (bicyclic) bond motifs is 3. The van der Waals surface area contributed by atoms with Gasteiger partial charge in [0.15, 0.2) is 22.0 Å². The van der Waals surface area contributed by atoms with E-state index < -0.39 is 0 Å². The number of allylic oxidation sites excluding steroid dienone is 1. The van der Waals surface area contributed by atoms with Crippen molar-refractivity contribution in [3.63, 3.8) is 0 Å². The second-order valence-electron chi connectivity index (χ2n) is 7.04. The zero-order valence-electron chi connectivity index (χ0n) is 15.5. The Hall–Kier alpha value is -3.90. The molecule has 1 aliphatic rings. The molecule has 30 heavy (non-hydrogen) atoms. The fraction of sp³-hybridized carbons (Fsp3) is 0. The molecule has 0 atom stereocenters. The molecule has 6 rings (SSSR count). The normalized spacial score (nSPS) is 13.4. The van der Waals surface area contributed by atoms with Gasteiger partial charge in [0.2, 0.25) is 5.89 Å². The molecule has 3 aromatic heterocycles. The lowest BCUT2D eigenvalue weighted by Crippen LogP contribution is -1.99. The SMILES string of the molecule is O=C1C(=Cc2cc3oc(-c4cccnc4)nc3s2)C(=O)c2cc3ccccc3cc21. The quantitative estimate of drug-likeness (QED) is 0.282. The predicted octanol–water partition coefficient (Wildman–Crippen LogP) is 5.57. The zero-order valence-corrected chi connectivity index (χ0v) is 16.3. The van der Waals surface area contributed by atoms with Gasteiger partial charge in [0.25, 0.3) is 0 Å². The van der Waals surface area contributed by atoms with Crippen molar-refractivity contribution in [1.82, 2.24) is 9.97 Å². The maximum Gasteiger partial charge on any atom is 0.229 e. The van der Waals surface area contributed by atoms with Crippen LogP contribution in [-0.2, 0) is 0 Å². The Kier molecular flexibility index (Phi) is 3.57. The number of pyridine rings is 1. The summed E-state index contributed by atoms with van der Waals surface area (Å²) in [7, 11) is 0. The molecule has 0 bridgehead atoms. The summed E-state index contributed by atoms with van der Waals surface area (Å²) in [4.78, 5) is 35.9. The zero-order chi connectivity index (χ0) is 20.2. The molecule has 0 N–H and O–H groups in total. The summed E-state index contributed by atoms with van der Waals surface area (Å²) in [6.07, 6.45) is 5.02. The van der Waals surface area contributed by atoms with Crippen LogP contribution in [0, 0.1) is 0 Å². The number of benzene rings is 2. The average molecular weight is 408 g/mol. The van der Waals surface area contributed by atoms with E-state index in [1.54, 1.807) is 36.7 Å². The van der Waals surface area contributed by atoms with Crippen LogP contribution in [0.5, 0.6) is 0 Å². The standard InChI is InChI=1S/C24H12N2O3S/c27-21-17-8-13-4-1-2-5-14(13)9-18(17)22(28)19(21)10-16-11-20-24(30-16)26-23(29-20)15-6-3-7-25-12-15/h1-12H. The Balaban J connectivity index is 1.39. The third-order valence-corrected chi connectivity index (χ3v) is 6.13. The number of carbonyl (C=O) groups is 2. The van der Waals surface area contributed by atoms with Gasteiger partial charge >= 0.3 is 0 Å². The second kappa shape index (κ2) is 6.30. The van der Waals surface area contributed by atoms with Gasteiger partial charge in [-0.3, -0.25) is 14.6 Å². The molecule has 3 heterocycles. The van der Waals surface area contributed by atoms with Crippen LogP contribution in [-0.4, -0.2) is 21.5 Å². The van der Waals surface area contributed by atoms with Crippen molar-refractivity contribution >= 4 is 50.2 Å². The first kappa shape index (κ1) is 17.0. The third-order valence-electron chi connectivity index (χ3n) is 5.17. The van der Waals surface area contributed by atoms with Gasteiger partial charge in [-0.15, -0.1) is 11.3 Å². The van der Waals surface area contributed by atoms with Crippen molar-refractivity contribution in [2.75, 3.05) is 0 Å². The van der Waals surface area contributed by atoms with E-state index in [-0.39, 0.29) is 17.1 Å². The van der Waals surface area contributed by atoms with Gasteiger partial charge in [0.05, 0.1) is 11.1 Å². The summed E-state index contributed by atoms with van der Waals surface area (Å²) < 4.78 is 5.83. The highest BCUT2D eigenvalue weighted by atomic mass is 32.1. The van der Waals surface area contributed by atoms with Crippen molar-refractivity contribution in [2.24, 2.45) is 0 Å². The number of thiophene rings is 1. The molecule has 6 heteroatoms. The third kappa shape index (κ3) is 2.54. The second-order valence-corrected chi connectivity index (χ2v) is 8.10. The molecule has 0 radical (unpaired) electrons. The molecule has 142 valence electrons. The minimum atomic E-state index is -0.241. The summed E-state index contributed by atoms with van der Waals surface area (Å²) in [6.45, 7) is 0. The Bertz CT molecular complexity index is 1440. The number of nitrogens with zero attached hydrogens (tertiary/aromatic N) is 2. The number of aromatic nitrogens is 2. The Morgan fingerprint density at radius 1 is 0.900 bits per heavy atom. The Labute approximate surface area is 174 Å². The summed E-state index contributed by atoms with van der Waals surface area (Å²) >= 11 is 1.38. The minimum absolute atomic E-state index is 0.177. The smallest absolute Gasteiger partial charge is 0.229 e. The molecule has 2 aromatic carbocycles. The molecule has 0 saturated heterocycles. The first-order valence-electron chi connectivity index (χ1n) is 9.32. The molecule has 5 nitrogen and oxygen atoms in total. The topological polar surface area (TPSA) is 73.1 Å². The lowest BCUT2D eigenvalue weighted by Gasteiger charge is -2.00. The number of rotatable bonds is 2. The van der Waals surface area contributed by atoms with Crippen LogP contribution in [0.15, 0.2) is 77.0 Å². The van der Waals surface area contributed by atoms with Gasteiger partial charge in [-0.1, -0.05) is 24.3 Å². The predicted molar refractivity (Wildman–Crippen MR) is 116 cm³/mol. The summed E-state index contributed by atoms with van der Waals surface area (Å²) in [5.41, 5.74) is 2.51. The van der Waals surface area contributed by atoms with Crippen molar-refractivity contribution < 1.29 is 14.0 Å². The van der Waals surface area contributed by atoms with Gasteiger partial charge < -0.3 is 4.42 Å². The van der Waals surface area contributed by atoms with E-state index >= 15 is 0 Å². The molecule has 0 saturated carbocycles. The molecular formula is C24H12N2O3S. The van der Waals surface area contributed by atoms with E-state index in [0.717, 1.165) is 21.2 Å². The van der Waals surface area contributed by atoms with Crippen LogP contribution < -0.4 is 0 Å². The Morgan fingerprint density at radius 2 is 1.63 bits per heavy atom. The maximum absolute atomic E-state index is 12.9. The molecule has 0 amide bonds. The molecule has 0 unspecified atom stereocenters. The minimum Gasteiger partial charge on any atom is -0.435 e. The number of hydrogen-bond donors (Lipinski definition) is 0. The maximum atomic E-state index is 12.9. The van der Waals surface area contributed by atoms with E-state index in [9.17, 15) is 9.59 Å². The van der Waals surface area contributed by atoms with Crippen LogP contribution in [0.3, 0.4) is 0 Å². The van der Waals surface area contributed by atoms with E-state index in [1.165, 1.54) is 11.3 Å². The van der Waals surface area contributed by atoms with Crippen LogP contribution in [0.25, 0.3) is 38.7 Å². The van der Waals surface area contributed by atoms with Gasteiger partial charge in [0, 0.05) is 34.5 Å². The molecule has 5 aromatic rings. The van der Waals surface area contributed by atoms with Crippen molar-refractivity contribution in [1.29, 1.82) is 0 Å². The van der Waals surface area contributed by atoms with Gasteiger partial charge in [0.1, 0.15) is 0 Å². The van der Waals surface area contributed by atoms with Gasteiger partial charge in [-0.05, 0) is 41.1 Å². The Morgan fingerprint density at radius 3 is 2.27 bits per heavy atom. The lowest BCUT2D eigenvalue weighted by molar-refractivity contribution is 0.0990. The molecule has 0 fully saturated rings. The van der Waals surface area contributed by atoms with E-state index in [4.69, 9.17) is 4.42 Å². The highest BCUT2D eigenvalue weighted by molar-refractivity contribution is 7.19. The molecule has 0 spiro atoms. The largest absolute Gasteiger partial charge is 0.435 e. The first-order valence-corrected chi connectivity index (χ1v) is 10.1. The van der Waals surface area contributed by atoms with E-state index in [0.29, 0.717) is 27.4 Å². The highest BCUT2D eigenvalue weighted by Crippen LogP contribution is 2.35. The summed E-state index contributed by atoms with van der Waals surface area (Å²) in [6, 6.07) is 16.8. The fourth-order valence-corrected chi connectivity index (χ4v) is 4.61. The average Bonchev–Trinajstić information content (AvgIpc) is 3.41. The molecular weight excluding hydrogens is 396 g/mol. The summed E-state index contributed by atoms with van der Waals surface area (Å²) in [5.74, 6) is 0.0141. The number of hydrogen-bond acceptors (Lipinski definition) is 6. The van der Waals surface area contributed by atoms with Crippen LogP contribution >= 0.6 is 11.3 Å². The first-order chi connectivity index (χ1) is 14.7. The van der Waals surface area contributed by atoms with Gasteiger partial charge in [-0.2, -0.15) is 4.98 Å². The lowest BCUT2D eigenvalue weighted by atomic mass is 10.0. The fourth-order valence-electron chi connectivity index (χ4n) is 3.72. The highest BCUT2D eigenvalue weighted by Gasteiger charge is 2.33. The monoisotopic (exact) mass is 408 g/mol. The number of oxazole rings is 1. The van der Waals surface area contributed by atoms with Crippen molar-refractivity contribution in [3.8, 4) is 11.5 Å². The van der Waals surface area contributed by atoms with Crippen LogP contribution in [0.4, 0.5) is 0 Å². The summed E-state index contributed by atoms with van der Waals surface area (Å²) in [5, 5.41) is 1.89. The van der Waals surface area contributed by atoms with Crippen molar-refractivity contribution in [3.05, 3.63) is 88.6 Å². The van der Waals surface area contributed by atoms with Gasteiger partial charge in [-0.25, -0.2) is 0 Å². The molecule has 1 aliphatic carbocycles.